The highest BCUT2D eigenvalue weighted by molar-refractivity contribution is 7.85. The van der Waals surface area contributed by atoms with E-state index < -0.39 is 22.5 Å². The van der Waals surface area contributed by atoms with E-state index in [1.54, 1.807) is 14.2 Å². The summed E-state index contributed by atoms with van der Waals surface area (Å²) in [4.78, 5) is 23.2. The molecule has 4 rings (SSSR count). The first-order chi connectivity index (χ1) is 16.5. The summed E-state index contributed by atoms with van der Waals surface area (Å²) >= 11 is 0. The molecule has 2 aromatic heterocycles. The number of fused-ring (bicyclic) bond motifs is 3. The number of hydrogen-bond acceptors (Lipinski definition) is 5. The monoisotopic (exact) mass is 493 g/mol. The third-order valence-electron chi connectivity index (χ3n) is 5.70. The van der Waals surface area contributed by atoms with E-state index >= 15 is 0 Å². The van der Waals surface area contributed by atoms with Crippen molar-refractivity contribution < 1.29 is 18.5 Å². The summed E-state index contributed by atoms with van der Waals surface area (Å²) < 4.78 is 24.0. The molecule has 2 aromatic carbocycles. The summed E-state index contributed by atoms with van der Waals surface area (Å²) in [6.07, 6.45) is 1.31. The molecule has 7 nitrogen and oxygen atoms in total. The number of carbonyl (C=O) groups excluding carboxylic acids is 1. The first-order valence-electron chi connectivity index (χ1n) is 11.5. The molecule has 0 fully saturated rings. The lowest BCUT2D eigenvalue weighted by atomic mass is 9.97. The van der Waals surface area contributed by atoms with Crippen LogP contribution in [0.1, 0.15) is 33.3 Å². The maximum absolute atomic E-state index is 13.0. The second-order valence-corrected chi connectivity index (χ2v) is 11.2. The largest absolute Gasteiger partial charge is 0.492 e. The first kappa shape index (κ1) is 24.7. The first-order valence-corrected chi connectivity index (χ1v) is 12.8. The molecule has 184 valence electrons. The number of H-pyrrole nitrogens is 1. The zero-order valence-corrected chi connectivity index (χ0v) is 22.0. The van der Waals surface area contributed by atoms with Crippen LogP contribution in [-0.2, 0) is 15.5 Å². The molecular formula is C27H31N3O4S. The quantitative estimate of drug-likeness (QED) is 0.358. The fraction of sp³-hybridized carbons (Fsp3) is 0.333. The van der Waals surface area contributed by atoms with E-state index in [0.29, 0.717) is 17.2 Å². The Morgan fingerprint density at radius 1 is 1.20 bits per heavy atom. The summed E-state index contributed by atoms with van der Waals surface area (Å²) in [5.74, 6) is 1.05. The van der Waals surface area contributed by atoms with Crippen LogP contribution in [0, 0.1) is 6.92 Å². The molecule has 2 heterocycles. The van der Waals surface area contributed by atoms with Crippen LogP contribution >= 0.6 is 0 Å². The van der Waals surface area contributed by atoms with Gasteiger partial charge in [-0.2, -0.15) is 0 Å². The van der Waals surface area contributed by atoms with Crippen molar-refractivity contribution in [1.82, 2.24) is 9.97 Å². The second kappa shape index (κ2) is 9.34. The third-order valence-corrected chi connectivity index (χ3v) is 7.00. The summed E-state index contributed by atoms with van der Waals surface area (Å²) in [6.45, 7) is 9.38. The van der Waals surface area contributed by atoms with E-state index in [-0.39, 0.29) is 0 Å². The Labute approximate surface area is 207 Å². The highest BCUT2D eigenvalue weighted by atomic mass is 32.2. The number of aromatic nitrogens is 2. The Kier molecular flexibility index (Phi) is 6.60. The molecular weight excluding hydrogens is 462 g/mol. The number of carbonyl (C=O) groups is 1. The zero-order valence-electron chi connectivity index (χ0n) is 21.2. The van der Waals surface area contributed by atoms with E-state index in [1.807, 2.05) is 71.1 Å². The van der Waals surface area contributed by atoms with Gasteiger partial charge in [-0.05, 0) is 68.7 Å². The van der Waals surface area contributed by atoms with Crippen molar-refractivity contribution in [3.05, 3.63) is 48.2 Å². The van der Waals surface area contributed by atoms with Gasteiger partial charge in [0.1, 0.15) is 11.2 Å². The lowest BCUT2D eigenvalue weighted by Crippen LogP contribution is -2.34. The average Bonchev–Trinajstić information content (AvgIpc) is 3.19. The van der Waals surface area contributed by atoms with E-state index in [0.717, 1.165) is 43.5 Å². The molecule has 0 saturated heterocycles. The molecule has 0 saturated carbocycles. The van der Waals surface area contributed by atoms with E-state index in [9.17, 15) is 9.00 Å². The van der Waals surface area contributed by atoms with Crippen LogP contribution in [-0.4, -0.2) is 45.8 Å². The van der Waals surface area contributed by atoms with Gasteiger partial charge in [0.25, 0.3) is 0 Å². The maximum atomic E-state index is 13.0. The Balaban J connectivity index is 2.05. The van der Waals surface area contributed by atoms with Crippen molar-refractivity contribution in [2.24, 2.45) is 0 Å². The second-order valence-electron chi connectivity index (χ2n) is 9.46. The number of pyridine rings is 1. The van der Waals surface area contributed by atoms with Crippen molar-refractivity contribution in [2.45, 2.75) is 45.1 Å². The molecule has 0 aliphatic carbocycles. The van der Waals surface area contributed by atoms with Crippen LogP contribution in [0.25, 0.3) is 33.1 Å². The van der Waals surface area contributed by atoms with Crippen LogP contribution in [0.4, 0.5) is 10.5 Å². The van der Waals surface area contributed by atoms with Gasteiger partial charge in [0, 0.05) is 34.7 Å². The number of nitrogens with one attached hydrogen (secondary N) is 1. The molecule has 0 bridgehead atoms. The number of nitrogens with zero attached hydrogens (tertiary/aromatic N) is 2. The van der Waals surface area contributed by atoms with Crippen molar-refractivity contribution >= 4 is 44.5 Å². The van der Waals surface area contributed by atoms with E-state index in [1.165, 1.54) is 4.90 Å². The molecule has 4 aromatic rings. The van der Waals surface area contributed by atoms with Crippen LogP contribution in [0.15, 0.2) is 47.5 Å². The number of aromatic amines is 1. The molecule has 0 spiro atoms. The van der Waals surface area contributed by atoms with Gasteiger partial charge in [-0.1, -0.05) is 19.1 Å². The van der Waals surface area contributed by atoms with Gasteiger partial charge in [0.05, 0.1) is 29.1 Å². The summed E-state index contributed by atoms with van der Waals surface area (Å²) in [6, 6.07) is 11.7. The Morgan fingerprint density at radius 3 is 2.60 bits per heavy atom. The van der Waals surface area contributed by atoms with Crippen molar-refractivity contribution in [3.8, 4) is 16.9 Å². The minimum absolute atomic E-state index is 0.494. The summed E-state index contributed by atoms with van der Waals surface area (Å²) in [5.41, 5.74) is 4.14. The third kappa shape index (κ3) is 4.75. The highest BCUT2D eigenvalue weighted by Gasteiger charge is 2.27. The molecule has 1 amide bonds. The lowest BCUT2D eigenvalue weighted by Gasteiger charge is -2.26. The topological polar surface area (TPSA) is 84.5 Å². The number of hydrogen-bond donors (Lipinski definition) is 1. The number of methoxy groups -OCH3 is 1. The summed E-state index contributed by atoms with van der Waals surface area (Å²) in [5, 5.41) is 1.87. The zero-order chi connectivity index (χ0) is 25.5. The minimum Gasteiger partial charge on any atom is -0.492 e. The number of aryl methyl sites for hydroxylation is 1. The Morgan fingerprint density at radius 2 is 1.94 bits per heavy atom. The molecule has 35 heavy (non-hydrogen) atoms. The molecule has 1 unspecified atom stereocenters. The van der Waals surface area contributed by atoms with Gasteiger partial charge in [0.2, 0.25) is 0 Å². The minimum atomic E-state index is -1.10. The summed E-state index contributed by atoms with van der Waals surface area (Å²) in [7, 11) is 2.14. The van der Waals surface area contributed by atoms with Gasteiger partial charge >= 0.3 is 6.09 Å². The molecule has 0 aliphatic heterocycles. The van der Waals surface area contributed by atoms with E-state index in [4.69, 9.17) is 9.47 Å². The lowest BCUT2D eigenvalue weighted by molar-refractivity contribution is 0.0588. The number of rotatable bonds is 5. The van der Waals surface area contributed by atoms with Crippen LogP contribution < -0.4 is 9.64 Å². The number of ether oxygens (including phenoxy) is 2. The van der Waals surface area contributed by atoms with Crippen molar-refractivity contribution in [2.75, 3.05) is 24.8 Å². The fourth-order valence-electron chi connectivity index (χ4n) is 4.11. The van der Waals surface area contributed by atoms with Gasteiger partial charge < -0.3 is 14.5 Å². The Hall–Kier alpha value is -3.39. The normalized spacial score (nSPS) is 12.7. The maximum Gasteiger partial charge on any atom is 0.414 e. The van der Waals surface area contributed by atoms with Crippen molar-refractivity contribution in [1.29, 1.82) is 0 Å². The molecule has 1 atom stereocenters. The molecule has 1 N–H and O–H groups in total. The Bertz CT molecular complexity index is 1450. The van der Waals surface area contributed by atoms with Crippen LogP contribution in [0.2, 0.25) is 0 Å². The predicted octanol–water partition coefficient (Wildman–Crippen LogP) is 6.20. The smallest absolute Gasteiger partial charge is 0.414 e. The van der Waals surface area contributed by atoms with Crippen LogP contribution in [0.3, 0.4) is 0 Å². The fourth-order valence-corrected chi connectivity index (χ4v) is 4.93. The van der Waals surface area contributed by atoms with Gasteiger partial charge in [0.15, 0.2) is 5.75 Å². The molecule has 8 heteroatoms. The standard InChI is InChI=1S/C27H31N3O4S/c1-8-35(32)18-11-9-10-17(13-18)19-14-21(30(6)26(31)34-27(3,4)5)24(33-7)23-22(19)20-12-16(2)15-28-25(20)29-23/h9-15H,8H2,1-7H3,(H,28,29). The molecule has 0 aliphatic rings. The van der Waals surface area contributed by atoms with Gasteiger partial charge in [-0.15, -0.1) is 0 Å². The number of benzene rings is 2. The van der Waals surface area contributed by atoms with Gasteiger partial charge in [-0.3, -0.25) is 9.11 Å². The average molecular weight is 494 g/mol. The molecule has 0 radical (unpaired) electrons. The number of anilines is 1. The predicted molar refractivity (Wildman–Crippen MR) is 142 cm³/mol. The van der Waals surface area contributed by atoms with Gasteiger partial charge in [-0.25, -0.2) is 9.78 Å². The van der Waals surface area contributed by atoms with Crippen molar-refractivity contribution in [3.63, 3.8) is 0 Å². The highest BCUT2D eigenvalue weighted by Crippen LogP contribution is 2.45. The SMILES string of the molecule is CCS(=O)c1cccc(-c2cc(N(C)C(=O)OC(C)(C)C)c(OC)c3[nH]c4ncc(C)cc4c23)c1. The van der Waals surface area contributed by atoms with E-state index in [2.05, 4.69) is 16.0 Å². The van der Waals surface area contributed by atoms with Crippen LogP contribution in [0.5, 0.6) is 5.75 Å². The number of amides is 1.